The molecule has 0 aromatic heterocycles. The van der Waals surface area contributed by atoms with Gasteiger partial charge in [-0.25, -0.2) is 14.4 Å². The van der Waals surface area contributed by atoms with Crippen molar-refractivity contribution in [1.29, 1.82) is 0 Å². The molecule has 0 radical (unpaired) electrons. The molecule has 0 amide bonds. The number of carbonyl (C=O) groups is 3. The first-order chi connectivity index (χ1) is 9.82. The van der Waals surface area contributed by atoms with Gasteiger partial charge in [0.25, 0.3) is 0 Å². The third-order valence-electron chi connectivity index (χ3n) is 2.70. The van der Waals surface area contributed by atoms with Gasteiger partial charge in [0.05, 0.1) is 0 Å². The van der Waals surface area contributed by atoms with E-state index >= 15 is 0 Å². The van der Waals surface area contributed by atoms with Crippen LogP contribution in [0.3, 0.4) is 0 Å². The van der Waals surface area contributed by atoms with E-state index in [0.717, 1.165) is 0 Å². The molecule has 0 saturated carbocycles. The molecular formula is C15H26O7. The molecule has 7 heteroatoms. The summed E-state index contributed by atoms with van der Waals surface area (Å²) in [5.41, 5.74) is -0.885. The molecule has 0 fully saturated rings. The summed E-state index contributed by atoms with van der Waals surface area (Å²) in [6.07, 6.45) is 0.399. The zero-order chi connectivity index (χ0) is 17.6. The molecule has 0 aliphatic carbocycles. The number of carboxylic acid groups (broad SMARTS) is 1. The molecule has 0 spiro atoms. The third-order valence-corrected chi connectivity index (χ3v) is 2.70. The van der Waals surface area contributed by atoms with Gasteiger partial charge in [0.1, 0.15) is 11.7 Å². The van der Waals surface area contributed by atoms with E-state index < -0.39 is 29.6 Å². The summed E-state index contributed by atoms with van der Waals surface area (Å²) in [6, 6.07) is 0. The molecule has 22 heavy (non-hydrogen) atoms. The van der Waals surface area contributed by atoms with Crippen LogP contribution in [0.5, 0.6) is 0 Å². The number of hydrogen-bond acceptors (Lipinski definition) is 6. The number of ether oxygens (including phenoxy) is 1. The van der Waals surface area contributed by atoms with Crippen molar-refractivity contribution in [2.75, 3.05) is 0 Å². The van der Waals surface area contributed by atoms with E-state index in [-0.39, 0.29) is 18.3 Å². The third kappa shape index (κ3) is 10.1. The fourth-order valence-corrected chi connectivity index (χ4v) is 1.68. The normalized spacial score (nSPS) is 13.4. The Morgan fingerprint density at radius 1 is 1.09 bits per heavy atom. The van der Waals surface area contributed by atoms with Crippen LogP contribution >= 0.6 is 0 Å². The van der Waals surface area contributed by atoms with Crippen LogP contribution in [-0.2, 0) is 28.9 Å². The fourth-order valence-electron chi connectivity index (χ4n) is 1.68. The molecule has 0 aliphatic rings. The highest BCUT2D eigenvalue weighted by molar-refractivity contribution is 6.28. The van der Waals surface area contributed by atoms with Gasteiger partial charge in [0.15, 0.2) is 0 Å². The molecule has 0 aliphatic heterocycles. The van der Waals surface area contributed by atoms with Crippen molar-refractivity contribution in [2.45, 2.75) is 72.5 Å². The molecule has 128 valence electrons. The van der Waals surface area contributed by atoms with Gasteiger partial charge in [0.2, 0.25) is 0 Å². The highest BCUT2D eigenvalue weighted by Gasteiger charge is 2.28. The summed E-state index contributed by atoms with van der Waals surface area (Å²) < 4.78 is 4.69. The summed E-state index contributed by atoms with van der Waals surface area (Å²) in [6.45, 7) is 10.9. The van der Waals surface area contributed by atoms with Crippen LogP contribution in [0.2, 0.25) is 0 Å². The first-order valence-corrected chi connectivity index (χ1v) is 7.15. The summed E-state index contributed by atoms with van der Waals surface area (Å²) in [5.74, 6) is -3.46. The molecule has 7 nitrogen and oxygen atoms in total. The van der Waals surface area contributed by atoms with E-state index in [1.807, 2.05) is 20.8 Å². The van der Waals surface area contributed by atoms with Gasteiger partial charge in [0, 0.05) is 12.8 Å². The lowest BCUT2D eigenvalue weighted by Gasteiger charge is -2.26. The number of carboxylic acids is 1. The summed E-state index contributed by atoms with van der Waals surface area (Å²) in [4.78, 5) is 42.7. The maximum atomic E-state index is 11.6. The predicted molar refractivity (Wildman–Crippen MR) is 77.8 cm³/mol. The minimum absolute atomic E-state index is 0.0219. The zero-order valence-corrected chi connectivity index (χ0v) is 14.1. The second-order valence-electron chi connectivity index (χ2n) is 7.08. The van der Waals surface area contributed by atoms with E-state index in [0.29, 0.717) is 6.42 Å². The summed E-state index contributed by atoms with van der Waals surface area (Å²) in [5, 5.41) is 8.45. The van der Waals surface area contributed by atoms with E-state index in [2.05, 4.69) is 4.74 Å². The highest BCUT2D eigenvalue weighted by atomic mass is 17.2. The van der Waals surface area contributed by atoms with Crippen molar-refractivity contribution < 1.29 is 34.0 Å². The summed E-state index contributed by atoms with van der Waals surface area (Å²) >= 11 is 0. The molecule has 0 rings (SSSR count). The molecule has 0 bridgehead atoms. The van der Waals surface area contributed by atoms with Gasteiger partial charge in [-0.15, -0.1) is 0 Å². The SMILES string of the molecule is CC(CC(C)(C)OOC(=O)CCC(C)(C)C)OC(=O)C(=O)O. The number of carbonyl (C=O) groups excluding carboxylic acids is 2. The number of esters is 1. The Kier molecular flexibility index (Phi) is 7.52. The molecule has 1 unspecified atom stereocenters. The number of rotatable bonds is 7. The largest absolute Gasteiger partial charge is 0.473 e. The van der Waals surface area contributed by atoms with Crippen LogP contribution in [0.25, 0.3) is 0 Å². The highest BCUT2D eigenvalue weighted by Crippen LogP contribution is 2.22. The fraction of sp³-hybridized carbons (Fsp3) is 0.800. The molecule has 0 aromatic carbocycles. The second kappa shape index (κ2) is 8.12. The topological polar surface area (TPSA) is 99.1 Å². The summed E-state index contributed by atoms with van der Waals surface area (Å²) in [7, 11) is 0. The Labute approximate surface area is 130 Å². The van der Waals surface area contributed by atoms with E-state index in [4.69, 9.17) is 14.9 Å². The van der Waals surface area contributed by atoms with Crippen molar-refractivity contribution in [2.24, 2.45) is 5.41 Å². The molecule has 0 heterocycles. The van der Waals surface area contributed by atoms with Crippen LogP contribution in [0, 0.1) is 5.41 Å². The van der Waals surface area contributed by atoms with Crippen LogP contribution in [0.1, 0.15) is 60.8 Å². The quantitative estimate of drug-likeness (QED) is 0.333. The Morgan fingerprint density at radius 3 is 2.09 bits per heavy atom. The van der Waals surface area contributed by atoms with Crippen molar-refractivity contribution in [3.05, 3.63) is 0 Å². The Morgan fingerprint density at radius 2 is 1.64 bits per heavy atom. The minimum Gasteiger partial charge on any atom is -0.473 e. The lowest BCUT2D eigenvalue weighted by molar-refractivity contribution is -0.329. The predicted octanol–water partition coefficient (Wildman–Crippen LogP) is 2.47. The van der Waals surface area contributed by atoms with Gasteiger partial charge < -0.3 is 9.84 Å². The standard InChI is InChI=1S/C15H26O7/c1-10(20-13(19)12(17)18)9-15(5,6)22-21-11(16)7-8-14(2,3)4/h10H,7-9H2,1-6H3,(H,17,18). The average Bonchev–Trinajstić information content (AvgIpc) is 2.32. The molecule has 1 atom stereocenters. The van der Waals surface area contributed by atoms with Crippen molar-refractivity contribution in [3.8, 4) is 0 Å². The number of hydrogen-bond donors (Lipinski definition) is 1. The first kappa shape index (κ1) is 20.4. The van der Waals surface area contributed by atoms with Gasteiger partial charge in [-0.2, -0.15) is 4.89 Å². The van der Waals surface area contributed by atoms with Gasteiger partial charge in [-0.05, 0) is 32.6 Å². The van der Waals surface area contributed by atoms with Crippen molar-refractivity contribution in [1.82, 2.24) is 0 Å². The smallest absolute Gasteiger partial charge is 0.417 e. The zero-order valence-electron chi connectivity index (χ0n) is 14.1. The second-order valence-corrected chi connectivity index (χ2v) is 7.08. The molecule has 0 saturated heterocycles. The Bertz CT molecular complexity index is 407. The lowest BCUT2D eigenvalue weighted by Crippen LogP contribution is -2.33. The van der Waals surface area contributed by atoms with Crippen molar-refractivity contribution >= 4 is 17.9 Å². The average molecular weight is 318 g/mol. The van der Waals surface area contributed by atoms with Crippen LogP contribution in [0.4, 0.5) is 0 Å². The van der Waals surface area contributed by atoms with Crippen LogP contribution in [0.15, 0.2) is 0 Å². The van der Waals surface area contributed by atoms with E-state index in [9.17, 15) is 14.4 Å². The van der Waals surface area contributed by atoms with Crippen LogP contribution < -0.4 is 0 Å². The lowest BCUT2D eigenvalue weighted by atomic mass is 9.91. The Hall–Kier alpha value is -1.63. The Balaban J connectivity index is 4.21. The van der Waals surface area contributed by atoms with E-state index in [1.54, 1.807) is 13.8 Å². The van der Waals surface area contributed by atoms with Gasteiger partial charge in [-0.3, -0.25) is 4.89 Å². The monoisotopic (exact) mass is 318 g/mol. The van der Waals surface area contributed by atoms with Gasteiger partial charge >= 0.3 is 17.9 Å². The molecular weight excluding hydrogens is 292 g/mol. The van der Waals surface area contributed by atoms with Crippen molar-refractivity contribution in [3.63, 3.8) is 0 Å². The first-order valence-electron chi connectivity index (χ1n) is 7.15. The molecule has 0 aromatic rings. The molecule has 1 N–H and O–H groups in total. The number of aliphatic carboxylic acids is 1. The van der Waals surface area contributed by atoms with E-state index in [1.165, 1.54) is 6.92 Å². The van der Waals surface area contributed by atoms with Gasteiger partial charge in [-0.1, -0.05) is 20.8 Å². The minimum atomic E-state index is -1.65. The maximum absolute atomic E-state index is 11.6. The van der Waals surface area contributed by atoms with Crippen LogP contribution in [-0.4, -0.2) is 34.7 Å². The maximum Gasteiger partial charge on any atom is 0.417 e.